The second-order valence-corrected chi connectivity index (χ2v) is 8.96. The highest BCUT2D eigenvalue weighted by Gasteiger charge is 2.37. The third kappa shape index (κ3) is 3.99. The van der Waals surface area contributed by atoms with Gasteiger partial charge in [-0.2, -0.15) is 4.31 Å². The standard InChI is InChI=1S/C21H23N5O3S/c1-15-13-16(8-9-19(15)29-2)30(27,28)26-12-4-6-18(26)17-5-3-7-20(24-17)25-21-14-22-10-11-23-21/h3,5,7-11,13-14,18H,4,6,12H2,1-2H3,(H,23,24,25). The Morgan fingerprint density at radius 3 is 2.77 bits per heavy atom. The Labute approximate surface area is 176 Å². The molecule has 3 aromatic rings. The van der Waals surface area contributed by atoms with Crippen molar-refractivity contribution in [1.29, 1.82) is 0 Å². The number of ether oxygens (including phenoxy) is 1. The largest absolute Gasteiger partial charge is 0.496 e. The Morgan fingerprint density at radius 2 is 2.03 bits per heavy atom. The fourth-order valence-corrected chi connectivity index (χ4v) is 5.43. The van der Waals surface area contributed by atoms with Crippen molar-refractivity contribution < 1.29 is 13.2 Å². The van der Waals surface area contributed by atoms with E-state index in [1.807, 2.05) is 25.1 Å². The first kappa shape index (κ1) is 20.2. The first-order valence-corrected chi connectivity index (χ1v) is 11.1. The van der Waals surface area contributed by atoms with Crippen molar-refractivity contribution in [2.24, 2.45) is 0 Å². The summed E-state index contributed by atoms with van der Waals surface area (Å²) in [5.74, 6) is 1.83. The number of methoxy groups -OCH3 is 1. The van der Waals surface area contributed by atoms with Crippen LogP contribution >= 0.6 is 0 Å². The van der Waals surface area contributed by atoms with Gasteiger partial charge in [-0.25, -0.2) is 18.4 Å². The number of pyridine rings is 1. The van der Waals surface area contributed by atoms with Crippen molar-refractivity contribution in [2.75, 3.05) is 19.0 Å². The van der Waals surface area contributed by atoms with Gasteiger partial charge in [0.15, 0.2) is 0 Å². The average molecular weight is 426 g/mol. The number of nitrogens with zero attached hydrogens (tertiary/aromatic N) is 4. The van der Waals surface area contributed by atoms with Crippen molar-refractivity contribution in [2.45, 2.75) is 30.7 Å². The Balaban J connectivity index is 1.62. The van der Waals surface area contributed by atoms with Gasteiger partial charge in [-0.15, -0.1) is 0 Å². The molecular weight excluding hydrogens is 402 g/mol. The number of anilines is 2. The molecule has 0 radical (unpaired) electrons. The number of aromatic nitrogens is 3. The molecule has 0 aliphatic carbocycles. The zero-order valence-corrected chi connectivity index (χ0v) is 17.6. The summed E-state index contributed by atoms with van der Waals surface area (Å²) in [6.07, 6.45) is 6.29. The van der Waals surface area contributed by atoms with E-state index in [1.165, 1.54) is 0 Å². The second kappa shape index (κ2) is 8.37. The van der Waals surface area contributed by atoms with Crippen molar-refractivity contribution in [3.8, 4) is 5.75 Å². The lowest BCUT2D eigenvalue weighted by atomic mass is 10.1. The van der Waals surface area contributed by atoms with Crippen molar-refractivity contribution in [3.63, 3.8) is 0 Å². The molecule has 1 aliphatic heterocycles. The number of benzene rings is 1. The fraction of sp³-hybridized carbons (Fsp3) is 0.286. The Morgan fingerprint density at radius 1 is 1.17 bits per heavy atom. The van der Waals surface area contributed by atoms with Crippen LogP contribution in [0, 0.1) is 6.92 Å². The Hall–Kier alpha value is -3.04. The summed E-state index contributed by atoms with van der Waals surface area (Å²) < 4.78 is 33.5. The highest BCUT2D eigenvalue weighted by atomic mass is 32.2. The maximum Gasteiger partial charge on any atom is 0.243 e. The van der Waals surface area contributed by atoms with E-state index in [1.54, 1.807) is 48.2 Å². The molecule has 1 aliphatic rings. The van der Waals surface area contributed by atoms with Crippen LogP contribution in [0.1, 0.15) is 30.1 Å². The van der Waals surface area contributed by atoms with Gasteiger partial charge in [-0.1, -0.05) is 6.07 Å². The van der Waals surface area contributed by atoms with E-state index in [4.69, 9.17) is 4.74 Å². The van der Waals surface area contributed by atoms with E-state index < -0.39 is 10.0 Å². The van der Waals surface area contributed by atoms with Crippen LogP contribution in [0.2, 0.25) is 0 Å². The van der Waals surface area contributed by atoms with Gasteiger partial charge in [-0.3, -0.25) is 4.98 Å². The van der Waals surface area contributed by atoms with Crippen LogP contribution in [-0.2, 0) is 10.0 Å². The maximum absolute atomic E-state index is 13.4. The fourth-order valence-electron chi connectivity index (χ4n) is 3.67. The number of hydrogen-bond donors (Lipinski definition) is 1. The predicted octanol–water partition coefficient (Wildman–Crippen LogP) is 3.46. The zero-order valence-electron chi connectivity index (χ0n) is 16.8. The first-order chi connectivity index (χ1) is 14.5. The summed E-state index contributed by atoms with van der Waals surface area (Å²) in [4.78, 5) is 13.1. The molecule has 1 atom stereocenters. The highest BCUT2D eigenvalue weighted by Crippen LogP contribution is 2.37. The van der Waals surface area contributed by atoms with E-state index in [-0.39, 0.29) is 10.9 Å². The highest BCUT2D eigenvalue weighted by molar-refractivity contribution is 7.89. The van der Waals surface area contributed by atoms with Gasteiger partial charge in [0, 0.05) is 18.9 Å². The number of sulfonamides is 1. The molecule has 156 valence electrons. The van der Waals surface area contributed by atoms with Crippen LogP contribution in [0.4, 0.5) is 11.6 Å². The van der Waals surface area contributed by atoms with E-state index >= 15 is 0 Å². The molecule has 0 saturated carbocycles. The number of nitrogens with one attached hydrogen (secondary N) is 1. The summed E-state index contributed by atoms with van der Waals surface area (Å²) >= 11 is 0. The molecule has 4 rings (SSSR count). The summed E-state index contributed by atoms with van der Waals surface area (Å²) in [5.41, 5.74) is 1.48. The van der Waals surface area contributed by atoms with Gasteiger partial charge in [0.05, 0.1) is 29.9 Å². The normalized spacial score (nSPS) is 17.1. The molecule has 1 N–H and O–H groups in total. The molecule has 0 spiro atoms. The van der Waals surface area contributed by atoms with Crippen LogP contribution in [-0.4, -0.2) is 41.3 Å². The van der Waals surface area contributed by atoms with Crippen LogP contribution in [0.25, 0.3) is 0 Å². The van der Waals surface area contributed by atoms with Crippen LogP contribution in [0.15, 0.2) is 59.9 Å². The quantitative estimate of drug-likeness (QED) is 0.646. The van der Waals surface area contributed by atoms with Gasteiger partial charge < -0.3 is 10.1 Å². The van der Waals surface area contributed by atoms with Gasteiger partial charge in [0.2, 0.25) is 10.0 Å². The van der Waals surface area contributed by atoms with Gasteiger partial charge in [-0.05, 0) is 55.7 Å². The summed E-state index contributed by atoms with van der Waals surface area (Å²) in [7, 11) is -2.09. The van der Waals surface area contributed by atoms with E-state index in [9.17, 15) is 8.42 Å². The van der Waals surface area contributed by atoms with Crippen molar-refractivity contribution in [1.82, 2.24) is 19.3 Å². The van der Waals surface area contributed by atoms with Crippen LogP contribution in [0.5, 0.6) is 5.75 Å². The molecule has 8 nitrogen and oxygen atoms in total. The number of hydrogen-bond acceptors (Lipinski definition) is 7. The van der Waals surface area contributed by atoms with Gasteiger partial charge >= 0.3 is 0 Å². The third-order valence-electron chi connectivity index (χ3n) is 5.11. The maximum atomic E-state index is 13.4. The Bertz CT molecular complexity index is 1140. The molecule has 0 amide bonds. The third-order valence-corrected chi connectivity index (χ3v) is 7.01. The lowest BCUT2D eigenvalue weighted by molar-refractivity contribution is 0.390. The summed E-state index contributed by atoms with van der Waals surface area (Å²) in [6, 6.07) is 10.2. The monoisotopic (exact) mass is 425 g/mol. The van der Waals surface area contributed by atoms with Crippen LogP contribution < -0.4 is 10.1 Å². The molecule has 9 heteroatoms. The Kier molecular flexibility index (Phi) is 5.65. The van der Waals surface area contributed by atoms with E-state index in [0.29, 0.717) is 29.6 Å². The summed E-state index contributed by atoms with van der Waals surface area (Å²) in [5, 5.41) is 3.11. The average Bonchev–Trinajstić information content (AvgIpc) is 3.25. The SMILES string of the molecule is COc1ccc(S(=O)(=O)N2CCCC2c2cccc(Nc3cnccn3)n2)cc1C. The van der Waals surface area contributed by atoms with E-state index in [0.717, 1.165) is 18.4 Å². The molecule has 2 aromatic heterocycles. The molecule has 3 heterocycles. The number of aryl methyl sites for hydroxylation is 1. The molecular formula is C21H23N5O3S. The molecule has 1 fully saturated rings. The second-order valence-electron chi connectivity index (χ2n) is 7.07. The number of rotatable bonds is 6. The smallest absolute Gasteiger partial charge is 0.243 e. The molecule has 1 unspecified atom stereocenters. The minimum Gasteiger partial charge on any atom is -0.496 e. The minimum absolute atomic E-state index is 0.265. The first-order valence-electron chi connectivity index (χ1n) is 9.65. The van der Waals surface area contributed by atoms with Gasteiger partial charge in [0.25, 0.3) is 0 Å². The predicted molar refractivity (Wildman–Crippen MR) is 113 cm³/mol. The van der Waals surface area contributed by atoms with E-state index in [2.05, 4.69) is 20.3 Å². The van der Waals surface area contributed by atoms with Crippen LogP contribution in [0.3, 0.4) is 0 Å². The zero-order chi connectivity index (χ0) is 21.1. The molecule has 0 bridgehead atoms. The molecule has 1 saturated heterocycles. The van der Waals surface area contributed by atoms with Crippen molar-refractivity contribution >= 4 is 21.7 Å². The van der Waals surface area contributed by atoms with Gasteiger partial charge in [0.1, 0.15) is 17.4 Å². The topological polar surface area (TPSA) is 97.3 Å². The minimum atomic E-state index is -3.66. The summed E-state index contributed by atoms with van der Waals surface area (Å²) in [6.45, 7) is 2.30. The molecule has 30 heavy (non-hydrogen) atoms. The van der Waals surface area contributed by atoms with Crippen molar-refractivity contribution in [3.05, 3.63) is 66.2 Å². The lowest BCUT2D eigenvalue weighted by Gasteiger charge is -2.24. The lowest BCUT2D eigenvalue weighted by Crippen LogP contribution is -2.31. The molecule has 1 aromatic carbocycles.